The third-order valence-corrected chi connectivity index (χ3v) is 6.02. The maximum Gasteiger partial charge on any atom is 0.326 e. The summed E-state index contributed by atoms with van der Waals surface area (Å²) in [5.74, 6) is -3.65. The highest BCUT2D eigenvalue weighted by molar-refractivity contribution is 5.94. The lowest BCUT2D eigenvalue weighted by Gasteiger charge is -2.26. The Morgan fingerprint density at radius 1 is 1.00 bits per heavy atom. The Morgan fingerprint density at radius 2 is 1.62 bits per heavy atom. The van der Waals surface area contributed by atoms with E-state index in [1.54, 1.807) is 0 Å². The third kappa shape index (κ3) is 10.1. The first-order valence-electron chi connectivity index (χ1n) is 12.4. The molecule has 12 heteroatoms. The van der Waals surface area contributed by atoms with Crippen LogP contribution in [0.4, 0.5) is 0 Å². The Labute approximate surface area is 215 Å². The molecule has 1 heterocycles. The molecular formula is C25H37N5O7. The van der Waals surface area contributed by atoms with Gasteiger partial charge >= 0.3 is 5.97 Å². The normalized spacial score (nSPS) is 17.4. The minimum Gasteiger partial charge on any atom is -0.508 e. The van der Waals surface area contributed by atoms with E-state index >= 15 is 0 Å². The van der Waals surface area contributed by atoms with Crippen molar-refractivity contribution in [3.05, 3.63) is 29.8 Å². The summed E-state index contributed by atoms with van der Waals surface area (Å²) in [5.41, 5.74) is 5.79. The maximum atomic E-state index is 13.1. The molecule has 1 aromatic carbocycles. The van der Waals surface area contributed by atoms with Gasteiger partial charge in [-0.05, 0) is 55.8 Å². The van der Waals surface area contributed by atoms with E-state index in [9.17, 15) is 34.2 Å². The highest BCUT2D eigenvalue weighted by Crippen LogP contribution is 2.13. The lowest BCUT2D eigenvalue weighted by atomic mass is 10.0. The molecule has 12 nitrogen and oxygen atoms in total. The second kappa shape index (κ2) is 14.2. The number of phenolic OH excluding ortho intramolecular Hbond substituents is 1. The average Bonchev–Trinajstić information content (AvgIpc) is 3.36. The molecule has 8 N–H and O–H groups in total. The Kier molecular flexibility index (Phi) is 11.3. The molecule has 4 atom stereocenters. The zero-order valence-corrected chi connectivity index (χ0v) is 21.2. The molecule has 0 saturated carbocycles. The minimum absolute atomic E-state index is 0.0145. The minimum atomic E-state index is -1.33. The van der Waals surface area contributed by atoms with Crippen LogP contribution in [0.15, 0.2) is 24.3 Å². The van der Waals surface area contributed by atoms with Gasteiger partial charge in [0.05, 0.1) is 6.04 Å². The van der Waals surface area contributed by atoms with Gasteiger partial charge in [0.2, 0.25) is 23.6 Å². The van der Waals surface area contributed by atoms with Gasteiger partial charge in [0, 0.05) is 12.8 Å². The second-order valence-corrected chi connectivity index (χ2v) is 9.68. The molecule has 0 spiro atoms. The van der Waals surface area contributed by atoms with Gasteiger partial charge in [0.25, 0.3) is 0 Å². The smallest absolute Gasteiger partial charge is 0.326 e. The fraction of sp³-hybridized carbons (Fsp3) is 0.560. The van der Waals surface area contributed by atoms with E-state index in [0.29, 0.717) is 24.9 Å². The summed E-state index contributed by atoms with van der Waals surface area (Å²) in [7, 11) is 0. The van der Waals surface area contributed by atoms with Crippen LogP contribution in [-0.2, 0) is 30.4 Å². The largest absolute Gasteiger partial charge is 0.508 e. The summed E-state index contributed by atoms with van der Waals surface area (Å²) in [6, 6.07) is 1.96. The molecule has 0 aliphatic carbocycles. The Bertz CT molecular complexity index is 961. The lowest BCUT2D eigenvalue weighted by molar-refractivity contribution is -0.142. The molecule has 0 aromatic heterocycles. The van der Waals surface area contributed by atoms with Crippen LogP contribution < -0.4 is 27.0 Å². The molecule has 1 saturated heterocycles. The third-order valence-electron chi connectivity index (χ3n) is 6.02. The van der Waals surface area contributed by atoms with Crippen molar-refractivity contribution in [3.63, 3.8) is 0 Å². The van der Waals surface area contributed by atoms with Crippen molar-refractivity contribution in [1.29, 1.82) is 0 Å². The number of hydrogen-bond acceptors (Lipinski definition) is 7. The van der Waals surface area contributed by atoms with E-state index < -0.39 is 47.9 Å². The van der Waals surface area contributed by atoms with Crippen LogP contribution in [0.2, 0.25) is 0 Å². The first-order chi connectivity index (χ1) is 17.5. The Morgan fingerprint density at radius 3 is 2.16 bits per heavy atom. The van der Waals surface area contributed by atoms with Crippen LogP contribution in [0.25, 0.3) is 0 Å². The summed E-state index contributed by atoms with van der Waals surface area (Å²) in [6.07, 6.45) is 1.38. The monoisotopic (exact) mass is 519 g/mol. The zero-order valence-electron chi connectivity index (χ0n) is 21.2. The molecular weight excluding hydrogens is 482 g/mol. The van der Waals surface area contributed by atoms with Gasteiger partial charge in [0.1, 0.15) is 23.9 Å². The highest BCUT2D eigenvalue weighted by Gasteiger charge is 2.32. The van der Waals surface area contributed by atoms with Crippen LogP contribution in [0.5, 0.6) is 5.75 Å². The molecule has 1 aliphatic rings. The number of nitrogens with one attached hydrogen (secondary N) is 4. The molecule has 1 aliphatic heterocycles. The quantitative estimate of drug-likeness (QED) is 0.171. The van der Waals surface area contributed by atoms with Crippen molar-refractivity contribution in [3.8, 4) is 5.75 Å². The van der Waals surface area contributed by atoms with Gasteiger partial charge < -0.3 is 37.2 Å². The predicted octanol–water partition coefficient (Wildman–Crippen LogP) is -0.463. The number of aliphatic carboxylic acids is 1. The molecule has 0 radical (unpaired) electrons. The van der Waals surface area contributed by atoms with Crippen molar-refractivity contribution >= 4 is 29.6 Å². The molecule has 4 unspecified atom stereocenters. The number of primary amides is 1. The number of carboxylic acids is 1. The molecule has 1 aromatic rings. The fourth-order valence-corrected chi connectivity index (χ4v) is 4.05. The maximum absolute atomic E-state index is 13.1. The summed E-state index contributed by atoms with van der Waals surface area (Å²) in [5, 5.41) is 29.9. The molecule has 0 bridgehead atoms. The predicted molar refractivity (Wildman–Crippen MR) is 134 cm³/mol. The van der Waals surface area contributed by atoms with Crippen LogP contribution in [0, 0.1) is 5.92 Å². The van der Waals surface area contributed by atoms with Gasteiger partial charge in [0.15, 0.2) is 0 Å². The van der Waals surface area contributed by atoms with Gasteiger partial charge in [-0.1, -0.05) is 26.0 Å². The number of carboxylic acid groups (broad SMARTS) is 1. The number of nitrogens with two attached hydrogens (primary N) is 1. The van der Waals surface area contributed by atoms with Crippen molar-refractivity contribution < 1.29 is 34.2 Å². The van der Waals surface area contributed by atoms with Gasteiger partial charge in [-0.15, -0.1) is 0 Å². The fourth-order valence-electron chi connectivity index (χ4n) is 4.05. The average molecular weight is 520 g/mol. The summed E-state index contributed by atoms with van der Waals surface area (Å²) in [4.78, 5) is 62.0. The number of phenols is 1. The summed E-state index contributed by atoms with van der Waals surface area (Å²) < 4.78 is 0. The molecule has 204 valence electrons. The standard InChI is InChI=1S/C25H37N5O7/c1-14(2)12-19(29-22(33)17-4-3-11-27-17)24(35)28-18(9-10-21(26)32)23(34)30-20(25(36)37)13-15-5-7-16(31)8-6-15/h5-8,14,17-20,27,31H,3-4,9-13H2,1-2H3,(H2,26,32)(H,28,35)(H,29,33)(H,30,34)(H,36,37). The van der Waals surface area contributed by atoms with Gasteiger partial charge in [-0.3, -0.25) is 19.2 Å². The molecule has 2 rings (SSSR count). The Balaban J connectivity index is 2.14. The lowest BCUT2D eigenvalue weighted by Crippen LogP contribution is -2.57. The van der Waals surface area contributed by atoms with Crippen LogP contribution >= 0.6 is 0 Å². The van der Waals surface area contributed by atoms with Gasteiger partial charge in [-0.25, -0.2) is 4.79 Å². The first-order valence-corrected chi connectivity index (χ1v) is 12.4. The first kappa shape index (κ1) is 29.6. The van der Waals surface area contributed by atoms with Crippen LogP contribution in [0.1, 0.15) is 51.5 Å². The van der Waals surface area contributed by atoms with E-state index in [1.807, 2.05) is 13.8 Å². The van der Waals surface area contributed by atoms with E-state index in [2.05, 4.69) is 21.3 Å². The molecule has 37 heavy (non-hydrogen) atoms. The topological polar surface area (TPSA) is 200 Å². The number of aromatic hydroxyl groups is 1. The number of rotatable bonds is 14. The van der Waals surface area contributed by atoms with E-state index in [1.165, 1.54) is 24.3 Å². The zero-order chi connectivity index (χ0) is 27.5. The number of benzene rings is 1. The van der Waals surface area contributed by atoms with Gasteiger partial charge in [-0.2, -0.15) is 0 Å². The molecule has 1 fully saturated rings. The summed E-state index contributed by atoms with van der Waals surface area (Å²) in [6.45, 7) is 4.49. The van der Waals surface area contributed by atoms with Crippen molar-refractivity contribution in [2.45, 2.75) is 76.5 Å². The van der Waals surface area contributed by atoms with Crippen molar-refractivity contribution in [1.82, 2.24) is 21.3 Å². The highest BCUT2D eigenvalue weighted by atomic mass is 16.4. The number of hydrogen-bond donors (Lipinski definition) is 7. The van der Waals surface area contributed by atoms with Crippen molar-refractivity contribution in [2.75, 3.05) is 6.54 Å². The number of amides is 4. The van der Waals surface area contributed by atoms with Crippen molar-refractivity contribution in [2.24, 2.45) is 11.7 Å². The SMILES string of the molecule is CC(C)CC(NC(=O)C1CCCN1)C(=O)NC(CCC(N)=O)C(=O)NC(Cc1ccc(O)cc1)C(=O)O. The van der Waals surface area contributed by atoms with Crippen LogP contribution in [0.3, 0.4) is 0 Å². The number of carbonyl (C=O) groups is 5. The van der Waals surface area contributed by atoms with E-state index in [0.717, 1.165) is 6.42 Å². The Hall–Kier alpha value is -3.67. The van der Waals surface area contributed by atoms with E-state index in [4.69, 9.17) is 5.73 Å². The number of carbonyl (C=O) groups excluding carboxylic acids is 4. The second-order valence-electron chi connectivity index (χ2n) is 9.68. The molecule has 4 amide bonds. The van der Waals surface area contributed by atoms with Crippen LogP contribution in [-0.4, -0.2) is 70.5 Å². The summed E-state index contributed by atoms with van der Waals surface area (Å²) >= 11 is 0. The van der Waals surface area contributed by atoms with E-state index in [-0.39, 0.29) is 36.8 Å².